The molecule has 9 nitrogen and oxygen atoms in total. The fraction of sp³-hybridized carbons (Fsp3) is 0.205. The van der Waals surface area contributed by atoms with Gasteiger partial charge in [0, 0.05) is 40.2 Å². The number of phenols is 1. The normalized spacial score (nSPS) is 24.8. The Morgan fingerprint density at radius 3 is 2.56 bits per heavy atom. The van der Waals surface area contributed by atoms with Crippen molar-refractivity contribution in [3.63, 3.8) is 0 Å². The van der Waals surface area contributed by atoms with Gasteiger partial charge in [-0.25, -0.2) is 4.98 Å². The number of rotatable bonds is 3. The van der Waals surface area contributed by atoms with Crippen LogP contribution >= 0.6 is 0 Å². The van der Waals surface area contributed by atoms with Gasteiger partial charge in [0.1, 0.15) is 17.0 Å². The van der Waals surface area contributed by atoms with E-state index in [9.17, 15) is 24.3 Å². The molecule has 236 valence electrons. The average molecular weight is 637 g/mol. The Labute approximate surface area is 274 Å². The van der Waals surface area contributed by atoms with Crippen LogP contribution in [0.25, 0.3) is 22.6 Å². The van der Waals surface area contributed by atoms with Crippen molar-refractivity contribution < 1.29 is 33.4 Å². The SMILES string of the molecule is CC1=CC(=O)C2=C(C1=O)C(C1=COc3ccc(O)cc3C1)C1=CCC3C(=O)N(c4ccc(-c5nc6ccccc6o5)cc4)C(=O)C3C1C2. The number of aromatic hydroxyl groups is 1. The van der Waals surface area contributed by atoms with Crippen LogP contribution in [0.5, 0.6) is 11.5 Å². The standard InChI is InChI=1S/C39H28N2O7/c1-19-14-30(43)28-17-27-25(33(35(28)36(19)44)22-15-21-16-24(42)10-13-31(21)47-18-22)11-12-26-34(27)39(46)41(38(26)45)23-8-6-20(7-9-23)37-40-29-4-2-3-5-32(29)48-37/h2-11,13-14,16,18,26-27,33-34,42H,12,15,17H2,1H3. The first-order valence-corrected chi connectivity index (χ1v) is 16.0. The number of Topliss-reactive ketones (excluding diaryl/α,β-unsaturated/α-hetero) is 1. The van der Waals surface area contributed by atoms with Gasteiger partial charge in [0.05, 0.1) is 23.8 Å². The van der Waals surface area contributed by atoms with E-state index in [2.05, 4.69) is 4.98 Å². The van der Waals surface area contributed by atoms with Gasteiger partial charge in [-0.2, -0.15) is 0 Å². The Kier molecular flexibility index (Phi) is 6.12. The minimum absolute atomic E-state index is 0.0967. The number of nitrogens with zero attached hydrogens (tertiary/aromatic N) is 2. The molecule has 5 aliphatic rings. The van der Waals surface area contributed by atoms with Crippen LogP contribution in [0.2, 0.25) is 0 Å². The molecule has 0 saturated carbocycles. The van der Waals surface area contributed by atoms with Crippen LogP contribution in [0.15, 0.2) is 117 Å². The maximum Gasteiger partial charge on any atom is 0.238 e. The minimum atomic E-state index is -0.692. The van der Waals surface area contributed by atoms with E-state index in [0.29, 0.717) is 58.0 Å². The largest absolute Gasteiger partial charge is 0.508 e. The summed E-state index contributed by atoms with van der Waals surface area (Å²) in [5.41, 5.74) is 6.12. The zero-order valence-corrected chi connectivity index (χ0v) is 25.8. The van der Waals surface area contributed by atoms with Gasteiger partial charge in [0.15, 0.2) is 17.1 Å². The molecular formula is C39H28N2O7. The molecule has 9 rings (SSSR count). The summed E-state index contributed by atoms with van der Waals surface area (Å²) in [6.07, 6.45) is 5.91. The fourth-order valence-corrected chi connectivity index (χ4v) is 8.17. The molecule has 9 heteroatoms. The summed E-state index contributed by atoms with van der Waals surface area (Å²) in [4.78, 5) is 61.3. The summed E-state index contributed by atoms with van der Waals surface area (Å²) in [7, 11) is 0. The number of oxazole rings is 1. The minimum Gasteiger partial charge on any atom is -0.508 e. The zero-order chi connectivity index (χ0) is 32.8. The Hall–Kier alpha value is -5.83. The van der Waals surface area contributed by atoms with E-state index in [4.69, 9.17) is 9.15 Å². The lowest BCUT2D eigenvalue weighted by Gasteiger charge is -2.43. The van der Waals surface area contributed by atoms with Gasteiger partial charge >= 0.3 is 0 Å². The van der Waals surface area contributed by atoms with Crippen LogP contribution in [0, 0.1) is 23.7 Å². The molecule has 2 amide bonds. The summed E-state index contributed by atoms with van der Waals surface area (Å²) in [6, 6.07) is 19.4. The third-order valence-electron chi connectivity index (χ3n) is 10.4. The fourth-order valence-electron chi connectivity index (χ4n) is 8.17. The van der Waals surface area contributed by atoms with Gasteiger partial charge in [-0.3, -0.25) is 24.1 Å². The highest BCUT2D eigenvalue weighted by atomic mass is 16.5. The number of hydrogen-bond acceptors (Lipinski definition) is 8. The maximum absolute atomic E-state index is 14.3. The predicted molar refractivity (Wildman–Crippen MR) is 175 cm³/mol. The van der Waals surface area contributed by atoms with Crippen LogP contribution in [0.4, 0.5) is 5.69 Å². The lowest BCUT2D eigenvalue weighted by Crippen LogP contribution is -2.41. The van der Waals surface area contributed by atoms with E-state index >= 15 is 0 Å². The third-order valence-corrected chi connectivity index (χ3v) is 10.4. The van der Waals surface area contributed by atoms with Crippen molar-refractivity contribution in [2.45, 2.75) is 26.2 Å². The van der Waals surface area contributed by atoms with E-state index in [1.165, 1.54) is 11.0 Å². The first kappa shape index (κ1) is 28.4. The highest BCUT2D eigenvalue weighted by molar-refractivity contribution is 6.25. The quantitative estimate of drug-likeness (QED) is 0.160. The Morgan fingerprint density at radius 2 is 1.75 bits per heavy atom. The number of ketones is 2. The number of anilines is 1. The van der Waals surface area contributed by atoms with Gasteiger partial charge < -0.3 is 14.3 Å². The number of carbonyl (C=O) groups is 4. The molecular weight excluding hydrogens is 608 g/mol. The van der Waals surface area contributed by atoms with E-state index < -0.39 is 23.7 Å². The average Bonchev–Trinajstić information content (AvgIpc) is 3.64. The summed E-state index contributed by atoms with van der Waals surface area (Å²) < 4.78 is 11.9. The first-order valence-electron chi connectivity index (χ1n) is 16.0. The molecule has 1 N–H and O–H groups in total. The highest BCUT2D eigenvalue weighted by Gasteiger charge is 2.57. The monoisotopic (exact) mass is 636 g/mol. The van der Waals surface area contributed by atoms with Gasteiger partial charge in [-0.1, -0.05) is 23.8 Å². The molecule has 4 atom stereocenters. The van der Waals surface area contributed by atoms with Crippen LogP contribution in [0.3, 0.4) is 0 Å². The summed E-state index contributed by atoms with van der Waals surface area (Å²) in [5, 5.41) is 10.2. The second-order valence-electron chi connectivity index (χ2n) is 13.1. The number of amides is 2. The van der Waals surface area contributed by atoms with E-state index in [-0.39, 0.29) is 35.6 Å². The molecule has 0 spiro atoms. The summed E-state index contributed by atoms with van der Waals surface area (Å²) in [6.45, 7) is 1.64. The van der Waals surface area contributed by atoms with Crippen molar-refractivity contribution in [1.82, 2.24) is 4.98 Å². The van der Waals surface area contributed by atoms with Gasteiger partial charge in [0.25, 0.3) is 0 Å². The molecule has 48 heavy (non-hydrogen) atoms. The predicted octanol–water partition coefficient (Wildman–Crippen LogP) is 6.19. The van der Waals surface area contributed by atoms with E-state index in [1.807, 2.05) is 30.3 Å². The Balaban J connectivity index is 1.07. The molecule has 1 aromatic heterocycles. The molecule has 0 radical (unpaired) electrons. The second kappa shape index (κ2) is 10.3. The molecule has 3 heterocycles. The number of phenolic OH excluding ortho intramolecular Hbond substituents is 1. The van der Waals surface area contributed by atoms with Crippen molar-refractivity contribution in [1.29, 1.82) is 0 Å². The van der Waals surface area contributed by atoms with E-state index in [1.54, 1.807) is 55.7 Å². The van der Waals surface area contributed by atoms with Crippen molar-refractivity contribution in [3.8, 4) is 23.0 Å². The number of hydrogen-bond donors (Lipinski definition) is 1. The smallest absolute Gasteiger partial charge is 0.238 e. The molecule has 4 aromatic rings. The number of allylic oxidation sites excluding steroid dienone is 7. The summed E-state index contributed by atoms with van der Waals surface area (Å²) in [5.74, 6) is -2.23. The van der Waals surface area contributed by atoms with Gasteiger partial charge in [-0.15, -0.1) is 0 Å². The first-order chi connectivity index (χ1) is 23.3. The summed E-state index contributed by atoms with van der Waals surface area (Å²) >= 11 is 0. The molecule has 2 aliphatic heterocycles. The number of fused-ring (bicyclic) bond motifs is 5. The number of imide groups is 1. The molecule has 3 aromatic carbocycles. The lowest BCUT2D eigenvalue weighted by atomic mass is 9.58. The van der Waals surface area contributed by atoms with E-state index in [0.717, 1.165) is 22.2 Å². The molecule has 0 bridgehead atoms. The number of ether oxygens (including phenoxy) is 1. The van der Waals surface area contributed by atoms with Crippen LogP contribution in [-0.4, -0.2) is 33.5 Å². The lowest BCUT2D eigenvalue weighted by molar-refractivity contribution is -0.123. The molecule has 3 aliphatic carbocycles. The van der Waals surface area contributed by atoms with Crippen molar-refractivity contribution in [2.24, 2.45) is 23.7 Å². The van der Waals surface area contributed by atoms with Crippen LogP contribution in [0.1, 0.15) is 25.3 Å². The number of carbonyl (C=O) groups excluding carboxylic acids is 4. The molecule has 1 fully saturated rings. The maximum atomic E-state index is 14.3. The molecule has 1 saturated heterocycles. The number of para-hydroxylation sites is 2. The second-order valence-corrected chi connectivity index (χ2v) is 13.1. The highest BCUT2D eigenvalue weighted by Crippen LogP contribution is 2.55. The topological polar surface area (TPSA) is 127 Å². The van der Waals surface area contributed by atoms with Gasteiger partial charge in [-0.05, 0) is 91.9 Å². The third kappa shape index (κ3) is 4.13. The van der Waals surface area contributed by atoms with Gasteiger partial charge in [0.2, 0.25) is 17.7 Å². The Bertz CT molecular complexity index is 2240. The number of benzene rings is 3. The zero-order valence-electron chi connectivity index (χ0n) is 25.8. The van der Waals surface area contributed by atoms with Crippen molar-refractivity contribution in [3.05, 3.63) is 119 Å². The van der Waals surface area contributed by atoms with Crippen molar-refractivity contribution >= 4 is 40.2 Å². The number of aromatic nitrogens is 1. The Morgan fingerprint density at radius 1 is 0.938 bits per heavy atom. The van der Waals surface area contributed by atoms with Crippen molar-refractivity contribution in [2.75, 3.05) is 4.90 Å². The van der Waals surface area contributed by atoms with Crippen LogP contribution < -0.4 is 9.64 Å². The molecule has 4 unspecified atom stereocenters. The van der Waals surface area contributed by atoms with Crippen LogP contribution in [-0.2, 0) is 25.6 Å².